The highest BCUT2D eigenvalue weighted by Crippen LogP contribution is 2.23. The number of nitrogens with one attached hydrogen (secondary N) is 2. The van der Waals surface area contributed by atoms with Crippen molar-refractivity contribution in [2.75, 3.05) is 12.4 Å². The van der Waals surface area contributed by atoms with Crippen LogP contribution in [0.4, 0.5) is 5.69 Å². The molecular weight excluding hydrogens is 364 g/mol. The summed E-state index contributed by atoms with van der Waals surface area (Å²) in [5.74, 6) is 0.184. The number of hydrogen-bond acceptors (Lipinski definition) is 4. The molecule has 0 unspecified atom stereocenters. The predicted octanol–water partition coefficient (Wildman–Crippen LogP) is 3.23. The zero-order valence-corrected chi connectivity index (χ0v) is 17.3. The van der Waals surface area contributed by atoms with Crippen LogP contribution in [0.2, 0.25) is 0 Å². The molecule has 0 saturated carbocycles. The van der Waals surface area contributed by atoms with E-state index in [-0.39, 0.29) is 4.90 Å². The third kappa shape index (κ3) is 4.87. The van der Waals surface area contributed by atoms with Gasteiger partial charge in [-0.15, -0.1) is 0 Å². The molecule has 0 saturated heterocycles. The molecule has 7 heteroatoms. The molecule has 27 heavy (non-hydrogen) atoms. The van der Waals surface area contributed by atoms with Crippen molar-refractivity contribution < 1.29 is 17.9 Å². The smallest absolute Gasteiger partial charge is 0.242 e. The number of ether oxygens (including phenoxy) is 1. The van der Waals surface area contributed by atoms with Crippen molar-refractivity contribution in [3.63, 3.8) is 0 Å². The lowest BCUT2D eigenvalue weighted by Gasteiger charge is -2.18. The minimum atomic E-state index is -3.84. The fraction of sp³-hybridized carbons (Fsp3) is 0.350. The molecule has 0 aromatic heterocycles. The van der Waals surface area contributed by atoms with E-state index in [2.05, 4.69) is 10.0 Å². The van der Waals surface area contributed by atoms with Gasteiger partial charge in [0.1, 0.15) is 5.75 Å². The lowest BCUT2D eigenvalue weighted by molar-refractivity contribution is -0.117. The van der Waals surface area contributed by atoms with E-state index in [9.17, 15) is 13.2 Å². The van der Waals surface area contributed by atoms with Crippen LogP contribution in [0.1, 0.15) is 29.2 Å². The van der Waals surface area contributed by atoms with E-state index in [1.165, 1.54) is 26.2 Å². The number of methoxy groups -OCH3 is 1. The van der Waals surface area contributed by atoms with E-state index >= 15 is 0 Å². The maximum Gasteiger partial charge on any atom is 0.242 e. The normalized spacial score (nSPS) is 12.5. The Kier molecular flexibility index (Phi) is 6.28. The molecule has 146 valence electrons. The fourth-order valence-corrected chi connectivity index (χ4v) is 4.27. The quantitative estimate of drug-likeness (QED) is 0.793. The summed E-state index contributed by atoms with van der Waals surface area (Å²) in [6.07, 6.45) is 0. The van der Waals surface area contributed by atoms with Gasteiger partial charge in [-0.25, -0.2) is 8.42 Å². The van der Waals surface area contributed by atoms with E-state index in [4.69, 9.17) is 4.74 Å². The monoisotopic (exact) mass is 390 g/mol. The van der Waals surface area contributed by atoms with Gasteiger partial charge >= 0.3 is 0 Å². The molecule has 6 nitrogen and oxygen atoms in total. The molecule has 2 aromatic rings. The first-order valence-corrected chi connectivity index (χ1v) is 10.1. The van der Waals surface area contributed by atoms with Crippen LogP contribution in [0.5, 0.6) is 5.75 Å². The van der Waals surface area contributed by atoms with Crippen molar-refractivity contribution in [1.29, 1.82) is 0 Å². The summed E-state index contributed by atoms with van der Waals surface area (Å²) in [6, 6.07) is 7.56. The van der Waals surface area contributed by atoms with E-state index in [1.54, 1.807) is 13.0 Å². The van der Waals surface area contributed by atoms with Crippen molar-refractivity contribution in [2.24, 2.45) is 0 Å². The molecule has 0 aliphatic heterocycles. The first kappa shape index (κ1) is 20.9. The van der Waals surface area contributed by atoms with Crippen molar-refractivity contribution in [3.8, 4) is 5.75 Å². The van der Waals surface area contributed by atoms with Gasteiger partial charge in [0.05, 0.1) is 18.0 Å². The van der Waals surface area contributed by atoms with Gasteiger partial charge in [0.25, 0.3) is 0 Å². The minimum Gasteiger partial charge on any atom is -0.496 e. The van der Waals surface area contributed by atoms with Crippen molar-refractivity contribution >= 4 is 21.6 Å². The Morgan fingerprint density at radius 1 is 1.00 bits per heavy atom. The third-order valence-corrected chi connectivity index (χ3v) is 5.87. The number of carbonyl (C=O) groups excluding carboxylic acids is 1. The number of hydrogen-bond donors (Lipinski definition) is 2. The van der Waals surface area contributed by atoms with Gasteiger partial charge in [-0.1, -0.05) is 17.7 Å². The summed E-state index contributed by atoms with van der Waals surface area (Å²) >= 11 is 0. The van der Waals surface area contributed by atoms with Gasteiger partial charge < -0.3 is 10.1 Å². The van der Waals surface area contributed by atoms with Crippen LogP contribution >= 0.6 is 0 Å². The summed E-state index contributed by atoms with van der Waals surface area (Å²) < 4.78 is 32.8. The molecule has 0 fully saturated rings. The molecular formula is C20H26N2O4S. The molecule has 0 aliphatic rings. The van der Waals surface area contributed by atoms with E-state index in [1.807, 2.05) is 32.9 Å². The maximum atomic E-state index is 12.6. The first-order chi connectivity index (χ1) is 12.5. The molecule has 1 amide bonds. The summed E-state index contributed by atoms with van der Waals surface area (Å²) in [5.41, 5.74) is 4.37. The minimum absolute atomic E-state index is 0.0862. The molecule has 0 aliphatic carbocycles. The van der Waals surface area contributed by atoms with Gasteiger partial charge in [-0.2, -0.15) is 4.72 Å². The Morgan fingerprint density at radius 3 is 2.11 bits per heavy atom. The number of carbonyl (C=O) groups is 1. The second-order valence-corrected chi connectivity index (χ2v) is 8.45. The highest BCUT2D eigenvalue weighted by molar-refractivity contribution is 7.89. The molecule has 1 atom stereocenters. The molecule has 0 bridgehead atoms. The Balaban J connectivity index is 2.17. The Bertz CT molecular complexity index is 945. The zero-order chi connectivity index (χ0) is 20.4. The van der Waals surface area contributed by atoms with Gasteiger partial charge in [0.15, 0.2) is 0 Å². The lowest BCUT2D eigenvalue weighted by Crippen LogP contribution is -2.41. The summed E-state index contributed by atoms with van der Waals surface area (Å²) in [6.45, 7) is 9.08. The van der Waals surface area contributed by atoms with Crippen LogP contribution in [-0.4, -0.2) is 27.5 Å². The Hall–Kier alpha value is -2.38. The van der Waals surface area contributed by atoms with Gasteiger partial charge in [0, 0.05) is 5.69 Å². The van der Waals surface area contributed by atoms with Gasteiger partial charge in [0.2, 0.25) is 15.9 Å². The van der Waals surface area contributed by atoms with Crippen molar-refractivity contribution in [1.82, 2.24) is 4.72 Å². The molecule has 0 spiro atoms. The van der Waals surface area contributed by atoms with E-state index < -0.39 is 22.0 Å². The lowest BCUT2D eigenvalue weighted by atomic mass is 10.0. The van der Waals surface area contributed by atoms with Crippen LogP contribution in [0.3, 0.4) is 0 Å². The number of anilines is 1. The highest BCUT2D eigenvalue weighted by atomic mass is 32.2. The van der Waals surface area contributed by atoms with Crippen LogP contribution in [0, 0.1) is 27.7 Å². The van der Waals surface area contributed by atoms with Crippen LogP contribution < -0.4 is 14.8 Å². The van der Waals surface area contributed by atoms with Crippen LogP contribution in [0.15, 0.2) is 35.2 Å². The molecule has 2 rings (SSSR count). The summed E-state index contributed by atoms with van der Waals surface area (Å²) in [5, 5.41) is 2.82. The summed E-state index contributed by atoms with van der Waals surface area (Å²) in [4.78, 5) is 12.6. The predicted molar refractivity (Wildman–Crippen MR) is 107 cm³/mol. The van der Waals surface area contributed by atoms with Crippen LogP contribution in [0.25, 0.3) is 0 Å². The van der Waals surface area contributed by atoms with Crippen LogP contribution in [-0.2, 0) is 14.8 Å². The average molecular weight is 391 g/mol. The fourth-order valence-electron chi connectivity index (χ4n) is 2.98. The number of benzene rings is 2. The molecule has 0 heterocycles. The SMILES string of the molecule is COc1ccc(S(=O)(=O)N[C@H](C)C(=O)Nc2c(C)cc(C)cc2C)cc1C. The van der Waals surface area contributed by atoms with Gasteiger partial charge in [-0.3, -0.25) is 4.79 Å². The van der Waals surface area contributed by atoms with Crippen molar-refractivity contribution in [3.05, 3.63) is 52.6 Å². The number of rotatable bonds is 6. The maximum absolute atomic E-state index is 12.6. The third-order valence-electron chi connectivity index (χ3n) is 4.33. The first-order valence-electron chi connectivity index (χ1n) is 8.61. The van der Waals surface area contributed by atoms with Crippen molar-refractivity contribution in [2.45, 2.75) is 45.6 Å². The molecule has 2 aromatic carbocycles. The number of amides is 1. The number of sulfonamides is 1. The second-order valence-electron chi connectivity index (χ2n) is 6.74. The number of aryl methyl sites for hydroxylation is 4. The Labute approximate surface area is 161 Å². The standard InChI is InChI=1S/C20H26N2O4S/c1-12-9-14(3)19(15(4)10-12)21-20(23)16(5)22-27(24,25)17-7-8-18(26-6)13(2)11-17/h7-11,16,22H,1-6H3,(H,21,23)/t16-/m1/s1. The Morgan fingerprint density at radius 2 is 1.59 bits per heavy atom. The molecule has 0 radical (unpaired) electrons. The topological polar surface area (TPSA) is 84.5 Å². The zero-order valence-electron chi connectivity index (χ0n) is 16.5. The van der Waals surface area contributed by atoms with E-state index in [0.717, 1.165) is 16.7 Å². The second kappa shape index (κ2) is 8.10. The van der Waals surface area contributed by atoms with E-state index in [0.29, 0.717) is 17.0 Å². The summed E-state index contributed by atoms with van der Waals surface area (Å²) in [7, 11) is -2.31. The molecule has 2 N–H and O–H groups in total. The largest absolute Gasteiger partial charge is 0.496 e. The highest BCUT2D eigenvalue weighted by Gasteiger charge is 2.23. The van der Waals surface area contributed by atoms with Gasteiger partial charge in [-0.05, 0) is 69.5 Å². The average Bonchev–Trinajstić information content (AvgIpc) is 2.57.